The lowest BCUT2D eigenvalue weighted by Crippen LogP contribution is -2.39. The van der Waals surface area contributed by atoms with Gasteiger partial charge in [-0.1, -0.05) is 84.4 Å². The number of amides is 1. The number of halogens is 1. The molecule has 0 aliphatic rings. The summed E-state index contributed by atoms with van der Waals surface area (Å²) >= 11 is 5.91. The molecule has 3 rings (SSSR count). The first-order chi connectivity index (χ1) is 13.1. The molecule has 0 spiro atoms. The third kappa shape index (κ3) is 4.99. The Morgan fingerprint density at radius 3 is 1.89 bits per heavy atom. The molecule has 3 heteroatoms. The van der Waals surface area contributed by atoms with Crippen LogP contribution in [0.15, 0.2) is 84.9 Å². The zero-order chi connectivity index (χ0) is 19.1. The van der Waals surface area contributed by atoms with Gasteiger partial charge in [0.05, 0.1) is 0 Å². The summed E-state index contributed by atoms with van der Waals surface area (Å²) in [4.78, 5) is 12.5. The van der Waals surface area contributed by atoms with Crippen LogP contribution < -0.4 is 5.32 Å². The van der Waals surface area contributed by atoms with Gasteiger partial charge in [0, 0.05) is 23.4 Å². The fourth-order valence-corrected chi connectivity index (χ4v) is 3.38. The third-order valence-electron chi connectivity index (χ3n) is 5.01. The van der Waals surface area contributed by atoms with Crippen LogP contribution in [0.1, 0.15) is 30.0 Å². The lowest BCUT2D eigenvalue weighted by molar-refractivity contribution is -0.121. The molecule has 0 unspecified atom stereocenters. The van der Waals surface area contributed by atoms with Crippen LogP contribution in [-0.2, 0) is 16.6 Å². The predicted octanol–water partition coefficient (Wildman–Crippen LogP) is 5.40. The van der Waals surface area contributed by atoms with Gasteiger partial charge in [-0.15, -0.1) is 0 Å². The van der Waals surface area contributed by atoms with E-state index in [4.69, 9.17) is 11.6 Å². The second-order valence-corrected chi connectivity index (χ2v) is 7.40. The highest BCUT2D eigenvalue weighted by Gasteiger charge is 2.29. The number of nitrogens with one attached hydrogen (secondary N) is 1. The Balaban J connectivity index is 1.68. The standard InChI is InChI=1S/C24H24ClNO/c1-24(20-8-4-2-5-9-20,21-10-6-3-7-11-21)18-26-23(27)17-14-19-12-15-22(25)16-13-19/h2-13,15-16H,14,17-18H2,1H3,(H,26,27). The summed E-state index contributed by atoms with van der Waals surface area (Å²) in [6.45, 7) is 2.73. The predicted molar refractivity (Wildman–Crippen MR) is 112 cm³/mol. The Morgan fingerprint density at radius 2 is 1.37 bits per heavy atom. The van der Waals surface area contributed by atoms with E-state index in [9.17, 15) is 4.79 Å². The van der Waals surface area contributed by atoms with Crippen molar-refractivity contribution in [1.29, 1.82) is 0 Å². The Bertz CT molecular complexity index is 820. The molecular weight excluding hydrogens is 354 g/mol. The van der Waals surface area contributed by atoms with Crippen LogP contribution in [0.2, 0.25) is 5.02 Å². The Hall–Kier alpha value is -2.58. The molecule has 0 saturated carbocycles. The average molecular weight is 378 g/mol. The number of carbonyl (C=O) groups is 1. The molecule has 0 aliphatic heterocycles. The van der Waals surface area contributed by atoms with E-state index in [0.717, 1.165) is 5.56 Å². The SMILES string of the molecule is CC(CNC(=O)CCc1ccc(Cl)cc1)(c1ccccc1)c1ccccc1. The molecule has 0 heterocycles. The van der Waals surface area contributed by atoms with Gasteiger partial charge in [0.15, 0.2) is 0 Å². The van der Waals surface area contributed by atoms with Crippen LogP contribution >= 0.6 is 11.6 Å². The van der Waals surface area contributed by atoms with Gasteiger partial charge in [-0.25, -0.2) is 0 Å². The van der Waals surface area contributed by atoms with Crippen LogP contribution in [-0.4, -0.2) is 12.5 Å². The van der Waals surface area contributed by atoms with Crippen molar-refractivity contribution in [3.63, 3.8) is 0 Å². The molecule has 0 aliphatic carbocycles. The summed E-state index contributed by atoms with van der Waals surface area (Å²) in [6.07, 6.45) is 1.16. The van der Waals surface area contributed by atoms with E-state index in [1.54, 1.807) is 0 Å². The third-order valence-corrected chi connectivity index (χ3v) is 5.27. The molecule has 0 saturated heterocycles. The van der Waals surface area contributed by atoms with Gasteiger partial charge in [-0.3, -0.25) is 4.79 Å². The summed E-state index contributed by atoms with van der Waals surface area (Å²) in [5.74, 6) is 0.0584. The van der Waals surface area contributed by atoms with Crippen molar-refractivity contribution in [3.8, 4) is 0 Å². The largest absolute Gasteiger partial charge is 0.355 e. The van der Waals surface area contributed by atoms with E-state index in [1.807, 2.05) is 60.7 Å². The fraction of sp³-hybridized carbons (Fsp3) is 0.208. The lowest BCUT2D eigenvalue weighted by Gasteiger charge is -2.31. The zero-order valence-electron chi connectivity index (χ0n) is 15.5. The van der Waals surface area contributed by atoms with Crippen molar-refractivity contribution in [1.82, 2.24) is 5.32 Å². The van der Waals surface area contributed by atoms with Crippen molar-refractivity contribution < 1.29 is 4.79 Å². The van der Waals surface area contributed by atoms with Crippen molar-refractivity contribution in [2.75, 3.05) is 6.54 Å². The zero-order valence-corrected chi connectivity index (χ0v) is 16.2. The molecule has 0 radical (unpaired) electrons. The molecule has 3 aromatic carbocycles. The first-order valence-electron chi connectivity index (χ1n) is 9.20. The summed E-state index contributed by atoms with van der Waals surface area (Å²) in [6, 6.07) is 28.3. The average Bonchev–Trinajstić information content (AvgIpc) is 2.73. The van der Waals surface area contributed by atoms with Crippen LogP contribution in [0.25, 0.3) is 0 Å². The number of hydrogen-bond donors (Lipinski definition) is 1. The van der Waals surface area contributed by atoms with E-state index in [-0.39, 0.29) is 11.3 Å². The van der Waals surface area contributed by atoms with Crippen LogP contribution in [0.5, 0.6) is 0 Å². The van der Waals surface area contributed by atoms with E-state index >= 15 is 0 Å². The normalized spacial score (nSPS) is 11.2. The smallest absolute Gasteiger partial charge is 0.220 e. The van der Waals surface area contributed by atoms with E-state index < -0.39 is 0 Å². The number of rotatable bonds is 7. The molecule has 3 aromatic rings. The maximum atomic E-state index is 12.5. The summed E-state index contributed by atoms with van der Waals surface area (Å²) in [5.41, 5.74) is 3.21. The minimum Gasteiger partial charge on any atom is -0.355 e. The van der Waals surface area contributed by atoms with E-state index in [2.05, 4.69) is 36.5 Å². The van der Waals surface area contributed by atoms with Crippen molar-refractivity contribution in [3.05, 3.63) is 107 Å². The van der Waals surface area contributed by atoms with Gasteiger partial charge in [0.25, 0.3) is 0 Å². The van der Waals surface area contributed by atoms with Gasteiger partial charge in [0.1, 0.15) is 0 Å². The molecule has 1 N–H and O–H groups in total. The van der Waals surface area contributed by atoms with Crippen molar-refractivity contribution >= 4 is 17.5 Å². The second-order valence-electron chi connectivity index (χ2n) is 6.97. The van der Waals surface area contributed by atoms with Crippen LogP contribution in [0.3, 0.4) is 0 Å². The molecule has 0 atom stereocenters. The molecule has 0 fully saturated rings. The molecular formula is C24H24ClNO. The Labute approximate surface area is 166 Å². The summed E-state index contributed by atoms with van der Waals surface area (Å²) in [5, 5.41) is 3.85. The first-order valence-corrected chi connectivity index (χ1v) is 9.58. The van der Waals surface area contributed by atoms with Gasteiger partial charge >= 0.3 is 0 Å². The highest BCUT2D eigenvalue weighted by molar-refractivity contribution is 6.30. The topological polar surface area (TPSA) is 29.1 Å². The maximum absolute atomic E-state index is 12.5. The number of aryl methyl sites for hydroxylation is 1. The summed E-state index contributed by atoms with van der Waals surface area (Å²) < 4.78 is 0. The van der Waals surface area contributed by atoms with Crippen LogP contribution in [0, 0.1) is 0 Å². The summed E-state index contributed by atoms with van der Waals surface area (Å²) in [7, 11) is 0. The molecule has 2 nitrogen and oxygen atoms in total. The van der Waals surface area contributed by atoms with Gasteiger partial charge < -0.3 is 5.32 Å². The van der Waals surface area contributed by atoms with E-state index in [1.165, 1.54) is 11.1 Å². The van der Waals surface area contributed by atoms with Gasteiger partial charge in [0.2, 0.25) is 5.91 Å². The van der Waals surface area contributed by atoms with Crippen LogP contribution in [0.4, 0.5) is 0 Å². The minimum absolute atomic E-state index is 0.0584. The van der Waals surface area contributed by atoms with Gasteiger partial charge in [-0.2, -0.15) is 0 Å². The molecule has 27 heavy (non-hydrogen) atoms. The quantitative estimate of drug-likeness (QED) is 0.587. The minimum atomic E-state index is -0.279. The first kappa shape index (κ1) is 19.2. The number of hydrogen-bond acceptors (Lipinski definition) is 1. The highest BCUT2D eigenvalue weighted by atomic mass is 35.5. The monoisotopic (exact) mass is 377 g/mol. The van der Waals surface area contributed by atoms with Crippen molar-refractivity contribution in [2.45, 2.75) is 25.2 Å². The second kappa shape index (κ2) is 8.88. The fourth-order valence-electron chi connectivity index (χ4n) is 3.26. The van der Waals surface area contributed by atoms with E-state index in [0.29, 0.717) is 24.4 Å². The number of carbonyl (C=O) groups excluding carboxylic acids is 1. The Morgan fingerprint density at radius 1 is 0.852 bits per heavy atom. The molecule has 0 bridgehead atoms. The molecule has 0 aromatic heterocycles. The van der Waals surface area contributed by atoms with Crippen molar-refractivity contribution in [2.24, 2.45) is 0 Å². The van der Waals surface area contributed by atoms with Gasteiger partial charge in [-0.05, 0) is 42.2 Å². The maximum Gasteiger partial charge on any atom is 0.220 e. The molecule has 138 valence electrons. The Kier molecular flexibility index (Phi) is 6.31. The number of benzene rings is 3. The lowest BCUT2D eigenvalue weighted by atomic mass is 9.76. The molecule has 1 amide bonds. The highest BCUT2D eigenvalue weighted by Crippen LogP contribution is 2.31.